The largest absolute Gasteiger partial charge is 0.497 e. The number of ether oxygens (including phenoxy) is 1. The molecule has 1 aromatic carbocycles. The summed E-state index contributed by atoms with van der Waals surface area (Å²) in [5.41, 5.74) is 2.37. The van der Waals surface area contributed by atoms with Crippen molar-refractivity contribution in [2.45, 2.75) is 51.6 Å². The zero-order chi connectivity index (χ0) is 16.9. The standard InChI is InChI=1S/C19H25N3O2/c1-3-22-18(19(23)20-15-9-5-4-6-10-15)13-17(21-22)14-8-7-11-16(12-14)24-2/h7-8,11-13,15H,3-6,9-10H2,1-2H3,(H,20,23). The quantitative estimate of drug-likeness (QED) is 0.912. The molecule has 2 aromatic rings. The molecular weight excluding hydrogens is 302 g/mol. The van der Waals surface area contributed by atoms with Gasteiger partial charge in [-0.25, -0.2) is 0 Å². The maximum Gasteiger partial charge on any atom is 0.269 e. The first-order valence-corrected chi connectivity index (χ1v) is 8.74. The fourth-order valence-electron chi connectivity index (χ4n) is 3.27. The molecule has 128 valence electrons. The fraction of sp³-hybridized carbons (Fsp3) is 0.474. The number of amides is 1. The van der Waals surface area contributed by atoms with Gasteiger partial charge < -0.3 is 10.1 Å². The van der Waals surface area contributed by atoms with Gasteiger partial charge in [0.2, 0.25) is 0 Å². The number of nitrogens with zero attached hydrogens (tertiary/aromatic N) is 2. The van der Waals surface area contributed by atoms with Gasteiger partial charge in [0.1, 0.15) is 11.4 Å². The van der Waals surface area contributed by atoms with E-state index in [1.165, 1.54) is 19.3 Å². The lowest BCUT2D eigenvalue weighted by Gasteiger charge is -2.22. The summed E-state index contributed by atoms with van der Waals surface area (Å²) in [6.07, 6.45) is 5.84. The van der Waals surface area contributed by atoms with Gasteiger partial charge in [0.25, 0.3) is 5.91 Å². The highest BCUT2D eigenvalue weighted by atomic mass is 16.5. The number of hydrogen-bond donors (Lipinski definition) is 1. The molecule has 0 radical (unpaired) electrons. The third-order valence-electron chi connectivity index (χ3n) is 4.62. The molecule has 1 heterocycles. The minimum atomic E-state index is -0.0228. The molecular formula is C19H25N3O2. The van der Waals surface area contributed by atoms with Gasteiger partial charge in [-0.15, -0.1) is 0 Å². The Kier molecular flexibility index (Phi) is 5.18. The second-order valence-electron chi connectivity index (χ2n) is 6.27. The molecule has 5 heteroatoms. The van der Waals surface area contributed by atoms with Crippen LogP contribution in [-0.2, 0) is 6.54 Å². The first-order chi connectivity index (χ1) is 11.7. The van der Waals surface area contributed by atoms with E-state index in [0.29, 0.717) is 18.3 Å². The average Bonchev–Trinajstić information content (AvgIpc) is 3.07. The van der Waals surface area contributed by atoms with Gasteiger partial charge in [-0.3, -0.25) is 9.48 Å². The van der Waals surface area contributed by atoms with E-state index < -0.39 is 0 Å². The lowest BCUT2D eigenvalue weighted by Crippen LogP contribution is -2.37. The zero-order valence-electron chi connectivity index (χ0n) is 14.4. The van der Waals surface area contributed by atoms with E-state index in [-0.39, 0.29) is 5.91 Å². The highest BCUT2D eigenvalue weighted by molar-refractivity contribution is 5.94. The van der Waals surface area contributed by atoms with Crippen LogP contribution in [0.2, 0.25) is 0 Å². The van der Waals surface area contributed by atoms with E-state index in [1.54, 1.807) is 11.8 Å². The highest BCUT2D eigenvalue weighted by Crippen LogP contribution is 2.24. The summed E-state index contributed by atoms with van der Waals surface area (Å²) in [6, 6.07) is 9.92. The van der Waals surface area contributed by atoms with E-state index in [1.807, 2.05) is 37.3 Å². The number of hydrogen-bond acceptors (Lipinski definition) is 3. The van der Waals surface area contributed by atoms with Crippen molar-refractivity contribution in [2.24, 2.45) is 0 Å². The summed E-state index contributed by atoms with van der Waals surface area (Å²) >= 11 is 0. The van der Waals surface area contributed by atoms with Crippen molar-refractivity contribution in [3.05, 3.63) is 36.0 Å². The average molecular weight is 327 g/mol. The Morgan fingerprint density at radius 3 is 2.79 bits per heavy atom. The van der Waals surface area contributed by atoms with Crippen molar-refractivity contribution in [1.82, 2.24) is 15.1 Å². The van der Waals surface area contributed by atoms with Crippen LogP contribution in [0.3, 0.4) is 0 Å². The van der Waals surface area contributed by atoms with Gasteiger partial charge in [-0.05, 0) is 38.0 Å². The van der Waals surface area contributed by atoms with E-state index in [9.17, 15) is 4.79 Å². The summed E-state index contributed by atoms with van der Waals surface area (Å²) in [4.78, 5) is 12.7. The Morgan fingerprint density at radius 1 is 1.29 bits per heavy atom. The Hall–Kier alpha value is -2.30. The van der Waals surface area contributed by atoms with Crippen molar-refractivity contribution >= 4 is 5.91 Å². The SMILES string of the molecule is CCn1nc(-c2cccc(OC)c2)cc1C(=O)NC1CCCCC1. The van der Waals surface area contributed by atoms with Crippen LogP contribution in [0.15, 0.2) is 30.3 Å². The van der Waals surface area contributed by atoms with Gasteiger partial charge in [-0.2, -0.15) is 5.10 Å². The van der Waals surface area contributed by atoms with E-state index in [0.717, 1.165) is 29.8 Å². The van der Waals surface area contributed by atoms with Gasteiger partial charge in [0, 0.05) is 18.2 Å². The van der Waals surface area contributed by atoms with Crippen LogP contribution in [0.4, 0.5) is 0 Å². The van der Waals surface area contributed by atoms with Gasteiger partial charge >= 0.3 is 0 Å². The van der Waals surface area contributed by atoms with Crippen LogP contribution < -0.4 is 10.1 Å². The molecule has 0 unspecified atom stereocenters. The number of aromatic nitrogens is 2. The first kappa shape index (κ1) is 16.6. The number of rotatable bonds is 5. The van der Waals surface area contributed by atoms with E-state index in [2.05, 4.69) is 10.4 Å². The van der Waals surface area contributed by atoms with Crippen molar-refractivity contribution in [1.29, 1.82) is 0 Å². The van der Waals surface area contributed by atoms with Crippen molar-refractivity contribution in [3.63, 3.8) is 0 Å². The third kappa shape index (κ3) is 3.61. The normalized spacial score (nSPS) is 15.2. The van der Waals surface area contributed by atoms with Gasteiger partial charge in [0.05, 0.1) is 12.8 Å². The Balaban J connectivity index is 1.82. The predicted octanol–water partition coefficient (Wildman–Crippen LogP) is 3.64. The van der Waals surface area contributed by atoms with Gasteiger partial charge in [0.15, 0.2) is 0 Å². The summed E-state index contributed by atoms with van der Waals surface area (Å²) in [6.45, 7) is 2.66. The molecule has 0 aliphatic heterocycles. The van der Waals surface area contributed by atoms with Crippen LogP contribution in [0.25, 0.3) is 11.3 Å². The topological polar surface area (TPSA) is 56.2 Å². The van der Waals surface area contributed by atoms with Crippen LogP contribution in [0.1, 0.15) is 49.5 Å². The summed E-state index contributed by atoms with van der Waals surface area (Å²) in [7, 11) is 1.65. The van der Waals surface area contributed by atoms with Crippen LogP contribution in [0.5, 0.6) is 5.75 Å². The maximum absolute atomic E-state index is 12.7. The number of benzene rings is 1. The smallest absolute Gasteiger partial charge is 0.269 e. The predicted molar refractivity (Wildman–Crippen MR) is 94.2 cm³/mol. The first-order valence-electron chi connectivity index (χ1n) is 8.74. The molecule has 1 N–H and O–H groups in total. The summed E-state index contributed by atoms with van der Waals surface area (Å²) in [5.74, 6) is 0.761. The Morgan fingerprint density at radius 2 is 2.08 bits per heavy atom. The van der Waals surface area contributed by atoms with Crippen molar-refractivity contribution in [2.75, 3.05) is 7.11 Å². The number of nitrogens with one attached hydrogen (secondary N) is 1. The molecule has 3 rings (SSSR count). The van der Waals surface area contributed by atoms with Crippen molar-refractivity contribution in [3.8, 4) is 17.0 Å². The lowest BCUT2D eigenvalue weighted by atomic mass is 9.95. The third-order valence-corrected chi connectivity index (χ3v) is 4.62. The number of aryl methyl sites for hydroxylation is 1. The molecule has 1 aliphatic carbocycles. The van der Waals surface area contributed by atoms with Crippen LogP contribution in [0, 0.1) is 0 Å². The summed E-state index contributed by atoms with van der Waals surface area (Å²) < 4.78 is 7.04. The van der Waals surface area contributed by atoms with Crippen LogP contribution in [-0.4, -0.2) is 28.8 Å². The molecule has 1 amide bonds. The molecule has 0 saturated heterocycles. The number of carbonyl (C=O) groups excluding carboxylic acids is 1. The molecule has 24 heavy (non-hydrogen) atoms. The molecule has 1 aromatic heterocycles. The minimum Gasteiger partial charge on any atom is -0.497 e. The molecule has 0 bridgehead atoms. The van der Waals surface area contributed by atoms with Crippen LogP contribution >= 0.6 is 0 Å². The van der Waals surface area contributed by atoms with E-state index >= 15 is 0 Å². The number of methoxy groups -OCH3 is 1. The Bertz CT molecular complexity index is 702. The lowest BCUT2D eigenvalue weighted by molar-refractivity contribution is 0.0917. The number of carbonyl (C=O) groups is 1. The molecule has 5 nitrogen and oxygen atoms in total. The van der Waals surface area contributed by atoms with Gasteiger partial charge in [-0.1, -0.05) is 31.4 Å². The molecule has 1 saturated carbocycles. The highest BCUT2D eigenvalue weighted by Gasteiger charge is 2.20. The molecule has 1 fully saturated rings. The van der Waals surface area contributed by atoms with Crippen molar-refractivity contribution < 1.29 is 9.53 Å². The zero-order valence-corrected chi connectivity index (χ0v) is 14.4. The molecule has 1 aliphatic rings. The Labute approximate surface area is 143 Å². The molecule has 0 spiro atoms. The monoisotopic (exact) mass is 327 g/mol. The maximum atomic E-state index is 12.7. The second-order valence-corrected chi connectivity index (χ2v) is 6.27. The minimum absolute atomic E-state index is 0.0228. The second kappa shape index (κ2) is 7.51. The van der Waals surface area contributed by atoms with E-state index in [4.69, 9.17) is 4.74 Å². The summed E-state index contributed by atoms with van der Waals surface area (Å²) in [5, 5.41) is 7.76. The fourth-order valence-corrected chi connectivity index (χ4v) is 3.27. The molecule has 0 atom stereocenters.